The van der Waals surface area contributed by atoms with Crippen LogP contribution in [0.5, 0.6) is 0 Å². The van der Waals surface area contributed by atoms with Gasteiger partial charge in [0.15, 0.2) is 0 Å². The Hall–Kier alpha value is -1.69. The van der Waals surface area contributed by atoms with Crippen LogP contribution in [0.25, 0.3) is 0 Å². The molecule has 2 heterocycles. The van der Waals surface area contributed by atoms with Gasteiger partial charge in [0, 0.05) is 19.3 Å². The second kappa shape index (κ2) is 6.85. The summed E-state index contributed by atoms with van der Waals surface area (Å²) in [6.07, 6.45) is 3.14. The van der Waals surface area contributed by atoms with Gasteiger partial charge in [-0.1, -0.05) is 0 Å². The molecule has 1 aromatic heterocycles. The van der Waals surface area contributed by atoms with Crippen molar-refractivity contribution in [3.05, 3.63) is 17.5 Å². The second-order valence-corrected chi connectivity index (χ2v) is 5.45. The topological polar surface area (TPSA) is 75.5 Å². The van der Waals surface area contributed by atoms with Gasteiger partial charge in [-0.15, -0.1) is 0 Å². The molecular weight excluding hydrogens is 270 g/mol. The number of aliphatic hydroxyl groups is 1. The van der Waals surface area contributed by atoms with Gasteiger partial charge in [-0.2, -0.15) is 0 Å². The molecule has 2 rings (SSSR count). The molecule has 6 heteroatoms. The summed E-state index contributed by atoms with van der Waals surface area (Å²) in [5.41, 5.74) is 1.05. The summed E-state index contributed by atoms with van der Waals surface area (Å²) < 4.78 is 4.97. The van der Waals surface area contributed by atoms with E-state index in [1.807, 2.05) is 6.92 Å². The number of aryl methyl sites for hydroxylation is 1. The van der Waals surface area contributed by atoms with E-state index in [1.54, 1.807) is 13.8 Å². The highest BCUT2D eigenvalue weighted by molar-refractivity contribution is 5.90. The van der Waals surface area contributed by atoms with E-state index in [0.29, 0.717) is 29.7 Å². The van der Waals surface area contributed by atoms with Crippen LogP contribution in [0.2, 0.25) is 0 Å². The lowest BCUT2D eigenvalue weighted by Crippen LogP contribution is -2.38. The van der Waals surface area contributed by atoms with Crippen LogP contribution in [0, 0.1) is 12.8 Å². The molecule has 0 bridgehead atoms. The van der Waals surface area contributed by atoms with Crippen molar-refractivity contribution >= 4 is 11.9 Å². The molecule has 116 valence electrons. The molecule has 0 saturated carbocycles. The summed E-state index contributed by atoms with van der Waals surface area (Å²) in [6.45, 7) is 7.40. The predicted molar refractivity (Wildman–Crippen MR) is 79.3 cm³/mol. The summed E-state index contributed by atoms with van der Waals surface area (Å²) >= 11 is 0. The fourth-order valence-electron chi connectivity index (χ4n) is 2.60. The molecule has 0 amide bonds. The number of hydrogen-bond donors (Lipinski definition) is 1. The molecule has 1 saturated heterocycles. The number of carbonyl (C=O) groups excluding carboxylic acids is 1. The Kier molecular flexibility index (Phi) is 5.12. The zero-order valence-corrected chi connectivity index (χ0v) is 12.9. The van der Waals surface area contributed by atoms with E-state index >= 15 is 0 Å². The number of aromatic nitrogens is 2. The number of aliphatic hydroxyl groups excluding tert-OH is 1. The predicted octanol–water partition coefficient (Wildman–Crippen LogP) is 1.56. The van der Waals surface area contributed by atoms with Crippen LogP contribution < -0.4 is 4.90 Å². The number of esters is 1. The fraction of sp³-hybridized carbons (Fsp3) is 0.667. The first-order chi connectivity index (χ1) is 10.0. The number of nitrogens with zero attached hydrogens (tertiary/aromatic N) is 3. The summed E-state index contributed by atoms with van der Waals surface area (Å²) in [7, 11) is 0. The van der Waals surface area contributed by atoms with Crippen molar-refractivity contribution in [2.45, 2.75) is 39.7 Å². The van der Waals surface area contributed by atoms with E-state index in [0.717, 1.165) is 25.9 Å². The van der Waals surface area contributed by atoms with Crippen LogP contribution in [0.15, 0.2) is 6.20 Å². The Morgan fingerprint density at radius 3 is 2.71 bits per heavy atom. The lowest BCUT2D eigenvalue weighted by molar-refractivity contribution is 0.0524. The van der Waals surface area contributed by atoms with Gasteiger partial charge in [-0.25, -0.2) is 14.8 Å². The lowest BCUT2D eigenvalue weighted by Gasteiger charge is -2.33. The zero-order chi connectivity index (χ0) is 15.4. The Balaban J connectivity index is 2.06. The average molecular weight is 293 g/mol. The molecular formula is C15H23N3O3. The van der Waals surface area contributed by atoms with Crippen LogP contribution in [-0.2, 0) is 4.74 Å². The number of carbonyl (C=O) groups is 1. The molecule has 0 spiro atoms. The maximum absolute atomic E-state index is 11.7. The number of ether oxygens (including phenoxy) is 1. The molecule has 0 aromatic carbocycles. The maximum Gasteiger partial charge on any atom is 0.341 e. The van der Waals surface area contributed by atoms with E-state index in [9.17, 15) is 9.90 Å². The van der Waals surface area contributed by atoms with Gasteiger partial charge in [0.25, 0.3) is 0 Å². The van der Waals surface area contributed by atoms with Crippen LogP contribution in [0.3, 0.4) is 0 Å². The highest BCUT2D eigenvalue weighted by Crippen LogP contribution is 2.23. The van der Waals surface area contributed by atoms with Crippen molar-refractivity contribution in [1.29, 1.82) is 0 Å². The SMILES string of the molecule is CCOC(=O)c1cnc(N2CCC(C(C)O)CC2)nc1C. The number of piperidine rings is 1. The van der Waals surface area contributed by atoms with Crippen molar-refractivity contribution < 1.29 is 14.6 Å². The molecule has 1 aromatic rings. The molecule has 1 aliphatic rings. The van der Waals surface area contributed by atoms with Crippen LogP contribution >= 0.6 is 0 Å². The quantitative estimate of drug-likeness (QED) is 0.849. The largest absolute Gasteiger partial charge is 0.462 e. The zero-order valence-electron chi connectivity index (χ0n) is 12.9. The van der Waals surface area contributed by atoms with Gasteiger partial charge in [0.05, 0.1) is 24.0 Å². The molecule has 1 atom stereocenters. The van der Waals surface area contributed by atoms with E-state index in [1.165, 1.54) is 6.20 Å². The Morgan fingerprint density at radius 2 is 2.19 bits per heavy atom. The molecule has 21 heavy (non-hydrogen) atoms. The standard InChI is InChI=1S/C15H23N3O3/c1-4-21-14(20)13-9-16-15(17-10(13)2)18-7-5-12(6-8-18)11(3)19/h9,11-12,19H,4-8H2,1-3H3. The first kappa shape index (κ1) is 15.7. The van der Waals surface area contributed by atoms with Gasteiger partial charge >= 0.3 is 5.97 Å². The normalized spacial score (nSPS) is 17.6. The molecule has 1 unspecified atom stereocenters. The Labute approximate surface area is 125 Å². The molecule has 0 radical (unpaired) electrons. The smallest absolute Gasteiger partial charge is 0.341 e. The Morgan fingerprint density at radius 1 is 1.52 bits per heavy atom. The minimum absolute atomic E-state index is 0.263. The van der Waals surface area contributed by atoms with Crippen molar-refractivity contribution in [2.24, 2.45) is 5.92 Å². The monoisotopic (exact) mass is 293 g/mol. The highest BCUT2D eigenvalue weighted by Gasteiger charge is 2.24. The van der Waals surface area contributed by atoms with Gasteiger partial charge in [0.1, 0.15) is 0 Å². The third-order valence-electron chi connectivity index (χ3n) is 3.97. The molecule has 0 aliphatic carbocycles. The molecule has 1 N–H and O–H groups in total. The maximum atomic E-state index is 11.7. The van der Waals surface area contributed by atoms with Crippen LogP contribution in [-0.4, -0.2) is 46.8 Å². The lowest BCUT2D eigenvalue weighted by atomic mass is 9.92. The highest BCUT2D eigenvalue weighted by atomic mass is 16.5. The van der Waals surface area contributed by atoms with Gasteiger partial charge in [0.2, 0.25) is 5.95 Å². The number of hydrogen-bond acceptors (Lipinski definition) is 6. The van der Waals surface area contributed by atoms with Gasteiger partial charge in [-0.3, -0.25) is 0 Å². The van der Waals surface area contributed by atoms with Crippen LogP contribution in [0.4, 0.5) is 5.95 Å². The summed E-state index contributed by atoms with van der Waals surface area (Å²) in [4.78, 5) is 22.5. The van der Waals surface area contributed by atoms with Crippen molar-refractivity contribution in [3.63, 3.8) is 0 Å². The van der Waals surface area contributed by atoms with Crippen LogP contribution in [0.1, 0.15) is 42.7 Å². The molecule has 1 fully saturated rings. The van der Waals surface area contributed by atoms with Gasteiger partial charge in [-0.05, 0) is 39.5 Å². The fourth-order valence-corrected chi connectivity index (χ4v) is 2.60. The Bertz CT molecular complexity index is 497. The second-order valence-electron chi connectivity index (χ2n) is 5.45. The third kappa shape index (κ3) is 3.69. The van der Waals surface area contributed by atoms with E-state index in [-0.39, 0.29) is 12.1 Å². The minimum atomic E-state index is -0.380. The number of anilines is 1. The van der Waals surface area contributed by atoms with E-state index in [2.05, 4.69) is 14.9 Å². The average Bonchev–Trinajstić information content (AvgIpc) is 2.47. The van der Waals surface area contributed by atoms with E-state index < -0.39 is 0 Å². The van der Waals surface area contributed by atoms with E-state index in [4.69, 9.17) is 4.74 Å². The number of rotatable bonds is 4. The summed E-state index contributed by atoms with van der Waals surface area (Å²) in [5, 5.41) is 9.62. The van der Waals surface area contributed by atoms with Gasteiger partial charge < -0.3 is 14.7 Å². The summed E-state index contributed by atoms with van der Waals surface area (Å²) in [6, 6.07) is 0. The first-order valence-corrected chi connectivity index (χ1v) is 7.46. The first-order valence-electron chi connectivity index (χ1n) is 7.46. The molecule has 6 nitrogen and oxygen atoms in total. The third-order valence-corrected chi connectivity index (χ3v) is 3.97. The minimum Gasteiger partial charge on any atom is -0.462 e. The van der Waals surface area contributed by atoms with Crippen molar-refractivity contribution in [2.75, 3.05) is 24.6 Å². The summed E-state index contributed by atoms with van der Waals surface area (Å²) in [5.74, 6) is 0.611. The molecule has 1 aliphatic heterocycles. The van der Waals surface area contributed by atoms with Crippen molar-refractivity contribution in [1.82, 2.24) is 9.97 Å². The van der Waals surface area contributed by atoms with Crippen molar-refractivity contribution in [3.8, 4) is 0 Å².